The maximum absolute atomic E-state index is 12.3. The van der Waals surface area contributed by atoms with Gasteiger partial charge in [0.2, 0.25) is 0 Å². The molecule has 0 heterocycles. The van der Waals surface area contributed by atoms with E-state index in [0.29, 0.717) is 22.7 Å². The monoisotopic (exact) mass is 270 g/mol. The smallest absolute Gasteiger partial charge is 0.255 e. The summed E-state index contributed by atoms with van der Waals surface area (Å²) in [7, 11) is 1.57. The maximum atomic E-state index is 12.3. The molecule has 0 aliphatic carbocycles. The predicted molar refractivity (Wildman–Crippen MR) is 81.2 cm³/mol. The highest BCUT2D eigenvalue weighted by Gasteiger charge is 2.11. The van der Waals surface area contributed by atoms with E-state index in [2.05, 4.69) is 5.32 Å². The predicted octanol–water partition coefficient (Wildman–Crippen LogP) is 3.09. The van der Waals surface area contributed by atoms with Crippen LogP contribution in [0.5, 0.6) is 5.75 Å². The molecule has 0 unspecified atom stereocenters. The van der Waals surface area contributed by atoms with Crippen LogP contribution in [0.15, 0.2) is 42.5 Å². The Balaban J connectivity index is 2.27. The number of ether oxygens (including phenoxy) is 1. The van der Waals surface area contributed by atoms with Crippen molar-refractivity contribution < 1.29 is 9.53 Å². The summed E-state index contributed by atoms with van der Waals surface area (Å²) in [5, 5.41) is 2.83. The second-order valence-corrected chi connectivity index (χ2v) is 4.42. The second-order valence-electron chi connectivity index (χ2n) is 4.42. The van der Waals surface area contributed by atoms with Crippen molar-refractivity contribution in [3.63, 3.8) is 0 Å². The first-order valence-corrected chi connectivity index (χ1v) is 6.48. The molecule has 0 aliphatic heterocycles. The molecule has 0 aliphatic rings. The largest absolute Gasteiger partial charge is 0.497 e. The van der Waals surface area contributed by atoms with Crippen molar-refractivity contribution in [2.75, 3.05) is 18.2 Å². The fourth-order valence-electron chi connectivity index (χ4n) is 2.01. The number of methoxy groups -OCH3 is 1. The van der Waals surface area contributed by atoms with E-state index in [1.807, 2.05) is 31.2 Å². The van der Waals surface area contributed by atoms with Crippen LogP contribution >= 0.6 is 0 Å². The van der Waals surface area contributed by atoms with Crippen molar-refractivity contribution in [3.8, 4) is 5.75 Å². The van der Waals surface area contributed by atoms with Crippen LogP contribution in [0.1, 0.15) is 22.8 Å². The lowest BCUT2D eigenvalue weighted by atomic mass is 10.0. The van der Waals surface area contributed by atoms with Crippen molar-refractivity contribution >= 4 is 17.3 Å². The fraction of sp³-hybridized carbons (Fsp3) is 0.188. The van der Waals surface area contributed by atoms with Gasteiger partial charge in [0, 0.05) is 11.6 Å². The molecule has 0 spiro atoms. The number of hydrogen-bond acceptors (Lipinski definition) is 3. The van der Waals surface area contributed by atoms with Crippen LogP contribution in [0.25, 0.3) is 0 Å². The summed E-state index contributed by atoms with van der Waals surface area (Å²) in [6.45, 7) is 2.02. The van der Waals surface area contributed by atoms with E-state index >= 15 is 0 Å². The summed E-state index contributed by atoms with van der Waals surface area (Å²) in [6, 6.07) is 12.7. The van der Waals surface area contributed by atoms with Crippen LogP contribution < -0.4 is 15.8 Å². The van der Waals surface area contributed by atoms with Crippen molar-refractivity contribution in [2.24, 2.45) is 0 Å². The van der Waals surface area contributed by atoms with E-state index in [-0.39, 0.29) is 5.91 Å². The number of carbonyl (C=O) groups is 1. The summed E-state index contributed by atoms with van der Waals surface area (Å²) < 4.78 is 5.14. The van der Waals surface area contributed by atoms with Crippen LogP contribution in [-0.2, 0) is 6.42 Å². The maximum Gasteiger partial charge on any atom is 0.255 e. The Hall–Kier alpha value is -2.49. The number of aryl methyl sites for hydroxylation is 1. The van der Waals surface area contributed by atoms with Gasteiger partial charge < -0.3 is 15.8 Å². The molecule has 2 aromatic carbocycles. The van der Waals surface area contributed by atoms with Crippen LogP contribution in [0.4, 0.5) is 11.4 Å². The Morgan fingerprint density at radius 1 is 1.25 bits per heavy atom. The molecule has 0 radical (unpaired) electrons. The van der Waals surface area contributed by atoms with Gasteiger partial charge in [0.1, 0.15) is 5.75 Å². The number of amides is 1. The third-order valence-corrected chi connectivity index (χ3v) is 3.15. The standard InChI is InChI=1S/C16H18N2O2/c1-3-11-6-4-5-7-13(11)16(19)18-15-10-12(20-2)8-9-14(15)17/h4-10H,3,17H2,1-2H3,(H,18,19). The Morgan fingerprint density at radius 2 is 2.00 bits per heavy atom. The average molecular weight is 270 g/mol. The molecule has 0 aromatic heterocycles. The normalized spacial score (nSPS) is 10.1. The lowest BCUT2D eigenvalue weighted by Gasteiger charge is -2.11. The highest BCUT2D eigenvalue weighted by atomic mass is 16.5. The van der Waals surface area contributed by atoms with Gasteiger partial charge in [-0.25, -0.2) is 0 Å². The molecule has 3 N–H and O–H groups in total. The van der Waals surface area contributed by atoms with Gasteiger partial charge in [-0.3, -0.25) is 4.79 Å². The van der Waals surface area contributed by atoms with Gasteiger partial charge in [0.05, 0.1) is 18.5 Å². The molecule has 4 heteroatoms. The minimum Gasteiger partial charge on any atom is -0.497 e. The van der Waals surface area contributed by atoms with Crippen molar-refractivity contribution in [1.29, 1.82) is 0 Å². The van der Waals surface area contributed by atoms with Crippen LogP contribution in [-0.4, -0.2) is 13.0 Å². The van der Waals surface area contributed by atoms with Crippen LogP contribution in [0.3, 0.4) is 0 Å². The number of hydrogen-bond donors (Lipinski definition) is 2. The topological polar surface area (TPSA) is 64.3 Å². The third kappa shape index (κ3) is 2.91. The van der Waals surface area contributed by atoms with Crippen molar-refractivity contribution in [1.82, 2.24) is 0 Å². The summed E-state index contributed by atoms with van der Waals surface area (Å²) in [5.41, 5.74) is 8.60. The first-order valence-electron chi connectivity index (χ1n) is 6.48. The van der Waals surface area contributed by atoms with Gasteiger partial charge in [0.25, 0.3) is 5.91 Å². The zero-order valence-corrected chi connectivity index (χ0v) is 11.6. The number of nitrogen functional groups attached to an aromatic ring is 1. The number of anilines is 2. The Morgan fingerprint density at radius 3 is 2.70 bits per heavy atom. The van der Waals surface area contributed by atoms with E-state index in [1.54, 1.807) is 25.3 Å². The number of nitrogens with two attached hydrogens (primary N) is 1. The average Bonchev–Trinajstić information content (AvgIpc) is 2.49. The molecule has 4 nitrogen and oxygen atoms in total. The first kappa shape index (κ1) is 13.9. The van der Waals surface area contributed by atoms with E-state index < -0.39 is 0 Å². The third-order valence-electron chi connectivity index (χ3n) is 3.15. The fourth-order valence-corrected chi connectivity index (χ4v) is 2.01. The Kier molecular flexibility index (Phi) is 4.25. The number of benzene rings is 2. The van der Waals surface area contributed by atoms with Crippen LogP contribution in [0.2, 0.25) is 0 Å². The molecular weight excluding hydrogens is 252 g/mol. The molecular formula is C16H18N2O2. The highest BCUT2D eigenvalue weighted by Crippen LogP contribution is 2.25. The summed E-state index contributed by atoms with van der Waals surface area (Å²) >= 11 is 0. The zero-order valence-electron chi connectivity index (χ0n) is 11.6. The molecule has 20 heavy (non-hydrogen) atoms. The summed E-state index contributed by atoms with van der Waals surface area (Å²) in [6.07, 6.45) is 0.803. The molecule has 2 aromatic rings. The van der Waals surface area contributed by atoms with Crippen molar-refractivity contribution in [3.05, 3.63) is 53.6 Å². The van der Waals surface area contributed by atoms with Gasteiger partial charge in [-0.1, -0.05) is 25.1 Å². The van der Waals surface area contributed by atoms with Gasteiger partial charge in [-0.2, -0.15) is 0 Å². The number of carbonyl (C=O) groups excluding carboxylic acids is 1. The van der Waals surface area contributed by atoms with Crippen LogP contribution in [0, 0.1) is 0 Å². The van der Waals surface area contributed by atoms with E-state index in [9.17, 15) is 4.79 Å². The summed E-state index contributed by atoms with van der Waals surface area (Å²) in [5.74, 6) is 0.487. The molecule has 104 valence electrons. The van der Waals surface area contributed by atoms with E-state index in [1.165, 1.54) is 0 Å². The first-order chi connectivity index (χ1) is 9.65. The van der Waals surface area contributed by atoms with Gasteiger partial charge in [-0.05, 0) is 30.2 Å². The second kappa shape index (κ2) is 6.10. The minimum absolute atomic E-state index is 0.164. The lowest BCUT2D eigenvalue weighted by Crippen LogP contribution is -2.15. The minimum atomic E-state index is -0.164. The Bertz CT molecular complexity index is 624. The summed E-state index contributed by atoms with van der Waals surface area (Å²) in [4.78, 5) is 12.3. The van der Waals surface area contributed by atoms with Gasteiger partial charge in [0.15, 0.2) is 0 Å². The molecule has 0 fully saturated rings. The number of nitrogens with one attached hydrogen (secondary N) is 1. The van der Waals surface area contributed by atoms with Crippen molar-refractivity contribution in [2.45, 2.75) is 13.3 Å². The highest BCUT2D eigenvalue weighted by molar-refractivity contribution is 6.06. The molecule has 2 rings (SSSR count). The Labute approximate surface area is 118 Å². The molecule has 0 bridgehead atoms. The molecule has 0 atom stereocenters. The SMILES string of the molecule is CCc1ccccc1C(=O)Nc1cc(OC)ccc1N. The quantitative estimate of drug-likeness (QED) is 0.839. The van der Waals surface area contributed by atoms with Gasteiger partial charge >= 0.3 is 0 Å². The molecule has 0 saturated heterocycles. The lowest BCUT2D eigenvalue weighted by molar-refractivity contribution is 0.102. The zero-order chi connectivity index (χ0) is 14.5. The molecule has 0 saturated carbocycles. The van der Waals surface area contributed by atoms with E-state index in [0.717, 1.165) is 12.0 Å². The van der Waals surface area contributed by atoms with E-state index in [4.69, 9.17) is 10.5 Å². The van der Waals surface area contributed by atoms with Gasteiger partial charge in [-0.15, -0.1) is 0 Å². The number of rotatable bonds is 4. The molecule has 1 amide bonds.